The van der Waals surface area contributed by atoms with Crippen LogP contribution in [0.2, 0.25) is 0 Å². The van der Waals surface area contributed by atoms with Crippen LogP contribution in [0.4, 0.5) is 0 Å². The number of piperidine rings is 1. The highest BCUT2D eigenvalue weighted by molar-refractivity contribution is 7.89. The Morgan fingerprint density at radius 2 is 1.88 bits per heavy atom. The monoisotopic (exact) mass is 389 g/mol. The van der Waals surface area contributed by atoms with Crippen molar-refractivity contribution >= 4 is 28.3 Å². The first-order chi connectivity index (χ1) is 11.2. The lowest BCUT2D eigenvalue weighted by Crippen LogP contribution is -2.48. The molecule has 6 nitrogen and oxygen atoms in total. The lowest BCUT2D eigenvalue weighted by atomic mass is 9.95. The van der Waals surface area contributed by atoms with Gasteiger partial charge in [0.05, 0.1) is 4.90 Å². The average Bonchev–Trinajstić information content (AvgIpc) is 2.56. The van der Waals surface area contributed by atoms with Crippen LogP contribution in [0, 0.1) is 5.92 Å². The standard InChI is InChI=1S/C17H27N3O3S.ClH/c1-12(2)20(4)24(22,23)15-7-5-14(6-8-15)17(21)19-16-9-10-18-11-13(16)3;/h5-8,12-13,16,18H,9-11H2,1-4H3,(H,19,21);1H. The maximum atomic E-state index is 12.4. The molecule has 0 aliphatic carbocycles. The van der Waals surface area contributed by atoms with E-state index in [4.69, 9.17) is 0 Å². The molecule has 1 aromatic carbocycles. The first-order valence-corrected chi connectivity index (χ1v) is 9.77. The van der Waals surface area contributed by atoms with Crippen LogP contribution in [0.3, 0.4) is 0 Å². The number of carbonyl (C=O) groups is 1. The van der Waals surface area contributed by atoms with Crippen LogP contribution < -0.4 is 10.6 Å². The topological polar surface area (TPSA) is 78.5 Å². The number of rotatable bonds is 5. The number of nitrogens with one attached hydrogen (secondary N) is 2. The summed E-state index contributed by atoms with van der Waals surface area (Å²) < 4.78 is 26.2. The predicted molar refractivity (Wildman–Crippen MR) is 102 cm³/mol. The molecule has 2 N–H and O–H groups in total. The molecule has 1 aromatic rings. The molecule has 0 bridgehead atoms. The second kappa shape index (κ2) is 8.98. The molecule has 25 heavy (non-hydrogen) atoms. The molecule has 1 aliphatic heterocycles. The molecule has 1 amide bonds. The smallest absolute Gasteiger partial charge is 0.251 e. The summed E-state index contributed by atoms with van der Waals surface area (Å²) in [4.78, 5) is 12.6. The van der Waals surface area contributed by atoms with Crippen LogP contribution in [0.15, 0.2) is 29.2 Å². The van der Waals surface area contributed by atoms with Gasteiger partial charge in [-0.3, -0.25) is 4.79 Å². The minimum Gasteiger partial charge on any atom is -0.349 e. The fourth-order valence-electron chi connectivity index (χ4n) is 2.70. The molecule has 142 valence electrons. The van der Waals surface area contributed by atoms with Crippen molar-refractivity contribution in [2.75, 3.05) is 20.1 Å². The van der Waals surface area contributed by atoms with Gasteiger partial charge in [-0.1, -0.05) is 6.92 Å². The van der Waals surface area contributed by atoms with Crippen molar-refractivity contribution in [1.29, 1.82) is 0 Å². The third kappa shape index (κ3) is 5.17. The van der Waals surface area contributed by atoms with Gasteiger partial charge in [0.15, 0.2) is 0 Å². The third-order valence-corrected chi connectivity index (χ3v) is 6.67. The van der Waals surface area contributed by atoms with Gasteiger partial charge in [-0.05, 0) is 63.5 Å². The Morgan fingerprint density at radius 3 is 2.40 bits per heavy atom. The normalized spacial score (nSPS) is 21.0. The van der Waals surface area contributed by atoms with Crippen LogP contribution in [-0.4, -0.2) is 50.9 Å². The molecule has 1 aliphatic rings. The van der Waals surface area contributed by atoms with Crippen molar-refractivity contribution in [1.82, 2.24) is 14.9 Å². The van der Waals surface area contributed by atoms with Crippen LogP contribution in [0.1, 0.15) is 37.6 Å². The summed E-state index contributed by atoms with van der Waals surface area (Å²) in [5, 5.41) is 6.34. The molecular weight excluding hydrogens is 362 g/mol. The Hall–Kier alpha value is -1.15. The maximum absolute atomic E-state index is 12.4. The SMILES string of the molecule is CC1CNCCC1NC(=O)c1ccc(S(=O)(=O)N(C)C(C)C)cc1.Cl. The van der Waals surface area contributed by atoms with Crippen LogP contribution in [0.25, 0.3) is 0 Å². The molecule has 0 spiro atoms. The van der Waals surface area contributed by atoms with Gasteiger partial charge in [0, 0.05) is 24.7 Å². The molecule has 0 radical (unpaired) electrons. The van der Waals surface area contributed by atoms with Crippen LogP contribution in [-0.2, 0) is 10.0 Å². The van der Waals surface area contributed by atoms with E-state index in [2.05, 4.69) is 17.6 Å². The predicted octanol–water partition coefficient (Wildman–Crippen LogP) is 1.87. The number of amides is 1. The zero-order valence-corrected chi connectivity index (χ0v) is 16.8. The fourth-order valence-corrected chi connectivity index (χ4v) is 4.07. The molecule has 8 heteroatoms. The van der Waals surface area contributed by atoms with E-state index in [-0.39, 0.29) is 35.3 Å². The number of halogens is 1. The van der Waals surface area contributed by atoms with Crippen molar-refractivity contribution in [3.05, 3.63) is 29.8 Å². The second-order valence-electron chi connectivity index (χ2n) is 6.69. The molecule has 2 unspecified atom stereocenters. The number of hydrogen-bond donors (Lipinski definition) is 2. The third-order valence-electron chi connectivity index (χ3n) is 4.62. The highest BCUT2D eigenvalue weighted by atomic mass is 35.5. The lowest BCUT2D eigenvalue weighted by Gasteiger charge is -2.30. The zero-order valence-electron chi connectivity index (χ0n) is 15.2. The fraction of sp³-hybridized carbons (Fsp3) is 0.588. The van der Waals surface area contributed by atoms with Crippen molar-refractivity contribution in [3.8, 4) is 0 Å². The zero-order chi connectivity index (χ0) is 17.9. The summed E-state index contributed by atoms with van der Waals surface area (Å²) in [6.45, 7) is 7.53. The molecule has 2 atom stereocenters. The summed E-state index contributed by atoms with van der Waals surface area (Å²) in [7, 11) is -1.97. The van der Waals surface area contributed by atoms with Crippen molar-refractivity contribution in [3.63, 3.8) is 0 Å². The Kier molecular flexibility index (Phi) is 7.87. The maximum Gasteiger partial charge on any atom is 0.251 e. The van der Waals surface area contributed by atoms with Gasteiger partial charge in [0.2, 0.25) is 10.0 Å². The molecule has 1 heterocycles. The average molecular weight is 390 g/mol. The van der Waals surface area contributed by atoms with Gasteiger partial charge in [0.1, 0.15) is 0 Å². The van der Waals surface area contributed by atoms with Gasteiger partial charge >= 0.3 is 0 Å². The van der Waals surface area contributed by atoms with Gasteiger partial charge in [-0.15, -0.1) is 12.4 Å². The molecular formula is C17H28ClN3O3S. The van der Waals surface area contributed by atoms with Gasteiger partial charge < -0.3 is 10.6 Å². The van der Waals surface area contributed by atoms with E-state index < -0.39 is 10.0 Å². The van der Waals surface area contributed by atoms with Crippen LogP contribution >= 0.6 is 12.4 Å². The van der Waals surface area contributed by atoms with E-state index in [0.717, 1.165) is 19.5 Å². The van der Waals surface area contributed by atoms with Gasteiger partial charge in [-0.2, -0.15) is 4.31 Å². The first-order valence-electron chi connectivity index (χ1n) is 8.33. The second-order valence-corrected chi connectivity index (χ2v) is 8.69. The van der Waals surface area contributed by atoms with Crippen molar-refractivity contribution in [2.24, 2.45) is 5.92 Å². The highest BCUT2D eigenvalue weighted by Gasteiger charge is 2.25. The van der Waals surface area contributed by atoms with Gasteiger partial charge in [-0.25, -0.2) is 8.42 Å². The number of carbonyl (C=O) groups excluding carboxylic acids is 1. The van der Waals surface area contributed by atoms with E-state index in [1.54, 1.807) is 19.2 Å². The van der Waals surface area contributed by atoms with Crippen LogP contribution in [0.5, 0.6) is 0 Å². The molecule has 0 aromatic heterocycles. The molecule has 2 rings (SSSR count). The Labute approximate surface area is 156 Å². The van der Waals surface area contributed by atoms with Gasteiger partial charge in [0.25, 0.3) is 5.91 Å². The molecule has 1 saturated heterocycles. The molecule has 0 saturated carbocycles. The van der Waals surface area contributed by atoms with E-state index in [0.29, 0.717) is 11.5 Å². The minimum absolute atomic E-state index is 0. The number of hydrogen-bond acceptors (Lipinski definition) is 4. The van der Waals surface area contributed by atoms with Crippen molar-refractivity contribution < 1.29 is 13.2 Å². The summed E-state index contributed by atoms with van der Waals surface area (Å²) in [5.74, 6) is 0.219. The van der Waals surface area contributed by atoms with E-state index in [1.807, 2.05) is 13.8 Å². The summed E-state index contributed by atoms with van der Waals surface area (Å²) in [5.41, 5.74) is 0.479. The van der Waals surface area contributed by atoms with E-state index >= 15 is 0 Å². The van der Waals surface area contributed by atoms with Crippen molar-refractivity contribution in [2.45, 2.75) is 44.2 Å². The number of nitrogens with zero attached hydrogens (tertiary/aromatic N) is 1. The van der Waals surface area contributed by atoms with E-state index in [1.165, 1.54) is 16.4 Å². The first kappa shape index (κ1) is 21.9. The minimum atomic E-state index is -3.52. The quantitative estimate of drug-likeness (QED) is 0.805. The Bertz CT molecular complexity index is 677. The largest absolute Gasteiger partial charge is 0.349 e. The summed E-state index contributed by atoms with van der Waals surface area (Å²) >= 11 is 0. The highest BCUT2D eigenvalue weighted by Crippen LogP contribution is 2.18. The Balaban J connectivity index is 0.00000312. The summed E-state index contributed by atoms with van der Waals surface area (Å²) in [6, 6.07) is 6.16. The molecule has 1 fully saturated rings. The van der Waals surface area contributed by atoms with E-state index in [9.17, 15) is 13.2 Å². The lowest BCUT2D eigenvalue weighted by molar-refractivity contribution is 0.0914. The Morgan fingerprint density at radius 1 is 1.28 bits per heavy atom. The number of benzene rings is 1. The summed E-state index contributed by atoms with van der Waals surface area (Å²) in [6.07, 6.45) is 0.901. The number of sulfonamides is 1.